The molecule has 4 aromatic rings. The van der Waals surface area contributed by atoms with Crippen LogP contribution in [0.5, 0.6) is 5.75 Å². The average Bonchev–Trinajstić information content (AvgIpc) is 3.23. The third-order valence-electron chi connectivity index (χ3n) is 5.73. The van der Waals surface area contributed by atoms with Crippen molar-refractivity contribution in [3.05, 3.63) is 76.3 Å². The normalized spacial score (nSPS) is 12.0. The van der Waals surface area contributed by atoms with Crippen molar-refractivity contribution in [1.82, 2.24) is 4.98 Å². The van der Waals surface area contributed by atoms with Gasteiger partial charge in [-0.05, 0) is 79.3 Å². The zero-order chi connectivity index (χ0) is 23.5. The summed E-state index contributed by atoms with van der Waals surface area (Å²) in [6, 6.07) is 17.1. The number of carbonyl (C=O) groups excluding carboxylic acids is 1. The molecule has 0 aliphatic heterocycles. The van der Waals surface area contributed by atoms with E-state index in [1.807, 2.05) is 50.2 Å². The van der Waals surface area contributed by atoms with Crippen molar-refractivity contribution in [1.29, 1.82) is 0 Å². The molecule has 0 aliphatic carbocycles. The molecule has 6 heteroatoms. The lowest BCUT2D eigenvalue weighted by molar-refractivity contribution is -0.118. The lowest BCUT2D eigenvalue weighted by Gasteiger charge is -2.11. The molecule has 1 aromatic heterocycles. The number of aryl methyl sites for hydroxylation is 2. The second-order valence-electron chi connectivity index (χ2n) is 8.36. The van der Waals surface area contributed by atoms with E-state index in [-0.39, 0.29) is 12.5 Å². The number of rotatable bonds is 7. The van der Waals surface area contributed by atoms with Gasteiger partial charge in [0, 0.05) is 5.69 Å². The number of nitrogens with one attached hydrogen (secondary N) is 1. The fourth-order valence-corrected chi connectivity index (χ4v) is 3.93. The van der Waals surface area contributed by atoms with Gasteiger partial charge in [0.05, 0.1) is 10.6 Å². The molecule has 3 aromatic carbocycles. The Hall–Kier alpha value is -3.31. The predicted molar refractivity (Wildman–Crippen MR) is 133 cm³/mol. The van der Waals surface area contributed by atoms with Crippen LogP contribution in [0.25, 0.3) is 22.6 Å². The minimum absolute atomic E-state index is 0.0952. The van der Waals surface area contributed by atoms with Crippen molar-refractivity contribution >= 4 is 34.3 Å². The smallest absolute Gasteiger partial charge is 0.262 e. The van der Waals surface area contributed by atoms with Crippen LogP contribution in [0.15, 0.2) is 59.0 Å². The highest BCUT2D eigenvalue weighted by atomic mass is 35.5. The monoisotopic (exact) mass is 462 g/mol. The standard InChI is InChI=1S/C27H27ClN2O3/c1-5-17(3)19-6-9-21(10-7-19)32-15-25(31)29-20-8-11-23(28)22(14-20)27-30-24-13-16(2)12-18(4)26(24)33-27/h6-14,17H,5,15H2,1-4H3,(H,29,31)/t17-/m1/s1. The molecule has 0 aliphatic rings. The van der Waals surface area contributed by atoms with Gasteiger partial charge in [0.15, 0.2) is 12.2 Å². The third-order valence-corrected chi connectivity index (χ3v) is 6.06. The minimum atomic E-state index is -0.265. The minimum Gasteiger partial charge on any atom is -0.484 e. The van der Waals surface area contributed by atoms with E-state index in [0.717, 1.165) is 28.6 Å². The summed E-state index contributed by atoms with van der Waals surface area (Å²) in [6.45, 7) is 8.26. The molecule has 1 N–H and O–H groups in total. The molecule has 0 radical (unpaired) electrons. The fraction of sp³-hybridized carbons (Fsp3) is 0.259. The van der Waals surface area contributed by atoms with E-state index in [2.05, 4.69) is 24.1 Å². The number of benzene rings is 3. The first-order valence-electron chi connectivity index (χ1n) is 11.0. The maximum atomic E-state index is 12.5. The SMILES string of the molecule is CC[C@@H](C)c1ccc(OCC(=O)Nc2ccc(Cl)c(-c3nc4cc(C)cc(C)c4o3)c2)cc1. The van der Waals surface area contributed by atoms with Crippen LogP contribution in [0.4, 0.5) is 5.69 Å². The lowest BCUT2D eigenvalue weighted by Crippen LogP contribution is -2.20. The summed E-state index contributed by atoms with van der Waals surface area (Å²) < 4.78 is 11.6. The van der Waals surface area contributed by atoms with Gasteiger partial charge in [-0.2, -0.15) is 0 Å². The summed E-state index contributed by atoms with van der Waals surface area (Å²) in [4.78, 5) is 17.1. The van der Waals surface area contributed by atoms with Crippen molar-refractivity contribution in [3.8, 4) is 17.2 Å². The maximum absolute atomic E-state index is 12.5. The Morgan fingerprint density at radius 1 is 1.12 bits per heavy atom. The molecule has 1 amide bonds. The Morgan fingerprint density at radius 3 is 2.61 bits per heavy atom. The van der Waals surface area contributed by atoms with Crippen molar-refractivity contribution < 1.29 is 13.9 Å². The van der Waals surface area contributed by atoms with Crippen LogP contribution in [-0.4, -0.2) is 17.5 Å². The van der Waals surface area contributed by atoms with E-state index in [1.165, 1.54) is 5.56 Å². The molecule has 0 unspecified atom stereocenters. The molecule has 0 saturated heterocycles. The summed E-state index contributed by atoms with van der Waals surface area (Å²) >= 11 is 6.42. The number of oxazole rings is 1. The summed E-state index contributed by atoms with van der Waals surface area (Å²) in [5.74, 6) is 1.30. The van der Waals surface area contributed by atoms with Gasteiger partial charge < -0.3 is 14.5 Å². The van der Waals surface area contributed by atoms with Crippen LogP contribution in [0.2, 0.25) is 5.02 Å². The van der Waals surface area contributed by atoms with E-state index in [1.54, 1.807) is 18.2 Å². The molecule has 5 nitrogen and oxygen atoms in total. The van der Waals surface area contributed by atoms with Crippen LogP contribution in [0.1, 0.15) is 42.9 Å². The van der Waals surface area contributed by atoms with Crippen molar-refractivity contribution in [2.75, 3.05) is 11.9 Å². The molecule has 0 bridgehead atoms. The zero-order valence-electron chi connectivity index (χ0n) is 19.2. The largest absolute Gasteiger partial charge is 0.484 e. The number of nitrogens with zero attached hydrogens (tertiary/aromatic N) is 1. The summed E-state index contributed by atoms with van der Waals surface area (Å²) in [6.07, 6.45) is 1.08. The van der Waals surface area contributed by atoms with E-state index in [4.69, 9.17) is 20.8 Å². The van der Waals surface area contributed by atoms with Gasteiger partial charge in [0.2, 0.25) is 5.89 Å². The van der Waals surface area contributed by atoms with Crippen LogP contribution in [0.3, 0.4) is 0 Å². The first-order chi connectivity index (χ1) is 15.8. The molecule has 1 heterocycles. The topological polar surface area (TPSA) is 64.4 Å². The Labute approximate surface area is 198 Å². The molecule has 0 fully saturated rings. The first kappa shape index (κ1) is 22.9. The number of aromatic nitrogens is 1. The first-order valence-corrected chi connectivity index (χ1v) is 11.4. The molecular weight excluding hydrogens is 436 g/mol. The Bertz CT molecular complexity index is 1290. The third kappa shape index (κ3) is 5.20. The van der Waals surface area contributed by atoms with E-state index in [0.29, 0.717) is 33.8 Å². The van der Waals surface area contributed by atoms with Gasteiger partial charge in [-0.15, -0.1) is 0 Å². The molecule has 0 saturated carbocycles. The van der Waals surface area contributed by atoms with E-state index >= 15 is 0 Å². The molecule has 170 valence electrons. The van der Waals surface area contributed by atoms with Crippen molar-refractivity contribution in [2.45, 2.75) is 40.0 Å². The highest BCUT2D eigenvalue weighted by molar-refractivity contribution is 6.33. The number of hydrogen-bond donors (Lipinski definition) is 1. The predicted octanol–water partition coefficient (Wildman–Crippen LogP) is 7.30. The van der Waals surface area contributed by atoms with Gasteiger partial charge in [-0.1, -0.05) is 43.6 Å². The number of hydrogen-bond acceptors (Lipinski definition) is 4. The quantitative estimate of drug-likeness (QED) is 0.313. The average molecular weight is 463 g/mol. The van der Waals surface area contributed by atoms with Crippen LogP contribution in [-0.2, 0) is 4.79 Å². The van der Waals surface area contributed by atoms with Gasteiger partial charge in [0.1, 0.15) is 11.3 Å². The van der Waals surface area contributed by atoms with Crippen molar-refractivity contribution in [2.24, 2.45) is 0 Å². The van der Waals surface area contributed by atoms with Gasteiger partial charge in [-0.25, -0.2) is 4.98 Å². The molecular formula is C27H27ClN2O3. The Kier molecular flexibility index (Phi) is 6.70. The molecule has 33 heavy (non-hydrogen) atoms. The highest BCUT2D eigenvalue weighted by Crippen LogP contribution is 2.33. The second kappa shape index (κ2) is 9.67. The Balaban J connectivity index is 1.45. The second-order valence-corrected chi connectivity index (χ2v) is 8.77. The number of amides is 1. The van der Waals surface area contributed by atoms with Crippen LogP contribution < -0.4 is 10.1 Å². The molecule has 1 atom stereocenters. The zero-order valence-corrected chi connectivity index (χ0v) is 20.0. The van der Waals surface area contributed by atoms with Crippen LogP contribution in [0, 0.1) is 13.8 Å². The Morgan fingerprint density at radius 2 is 1.88 bits per heavy atom. The maximum Gasteiger partial charge on any atom is 0.262 e. The fourth-order valence-electron chi connectivity index (χ4n) is 3.73. The number of anilines is 1. The van der Waals surface area contributed by atoms with Crippen LogP contribution >= 0.6 is 11.6 Å². The van der Waals surface area contributed by atoms with E-state index in [9.17, 15) is 4.79 Å². The number of halogens is 1. The van der Waals surface area contributed by atoms with E-state index < -0.39 is 0 Å². The molecule has 0 spiro atoms. The summed E-state index contributed by atoms with van der Waals surface area (Å²) in [7, 11) is 0. The summed E-state index contributed by atoms with van der Waals surface area (Å²) in [5.41, 5.74) is 6.09. The number of fused-ring (bicyclic) bond motifs is 1. The van der Waals surface area contributed by atoms with Crippen molar-refractivity contribution in [3.63, 3.8) is 0 Å². The number of carbonyl (C=O) groups is 1. The highest BCUT2D eigenvalue weighted by Gasteiger charge is 2.15. The van der Waals surface area contributed by atoms with Gasteiger partial charge >= 0.3 is 0 Å². The molecule has 4 rings (SSSR count). The van der Waals surface area contributed by atoms with Gasteiger partial charge in [0.25, 0.3) is 5.91 Å². The number of ether oxygens (including phenoxy) is 1. The lowest BCUT2D eigenvalue weighted by atomic mass is 9.99. The summed E-state index contributed by atoms with van der Waals surface area (Å²) in [5, 5.41) is 3.34. The van der Waals surface area contributed by atoms with Gasteiger partial charge in [-0.3, -0.25) is 4.79 Å².